The number of aliphatic hydroxyl groups is 1. The summed E-state index contributed by atoms with van der Waals surface area (Å²) < 4.78 is 53.6. The van der Waals surface area contributed by atoms with Gasteiger partial charge >= 0.3 is 12.1 Å². The molecule has 2 atom stereocenters. The fourth-order valence-electron chi connectivity index (χ4n) is 4.27. The smallest absolute Gasteiger partial charge is 0.422 e. The number of halogens is 4. The molecule has 4 rings (SSSR count). The Morgan fingerprint density at radius 1 is 1.03 bits per heavy atom. The van der Waals surface area contributed by atoms with Gasteiger partial charge in [0.05, 0.1) is 19.0 Å². The number of benzene rings is 3. The molecule has 0 radical (unpaired) electrons. The number of pyridine rings is 1. The molecule has 0 amide bonds. The van der Waals surface area contributed by atoms with Gasteiger partial charge in [-0.3, -0.25) is 9.78 Å². The number of nitrogens with zero attached hydrogens (tertiary/aromatic N) is 1. The van der Waals surface area contributed by atoms with Gasteiger partial charge in [0.1, 0.15) is 12.4 Å². The van der Waals surface area contributed by atoms with Crippen LogP contribution in [-0.2, 0) is 28.2 Å². The Kier molecular flexibility index (Phi) is 7.94. The summed E-state index contributed by atoms with van der Waals surface area (Å²) in [6.07, 6.45) is -3.80. The molecule has 0 aliphatic rings. The number of fused-ring (bicyclic) bond motifs is 1. The molecule has 0 aliphatic heterocycles. The molecule has 0 saturated carbocycles. The van der Waals surface area contributed by atoms with Gasteiger partial charge in [-0.15, -0.1) is 0 Å². The maximum absolute atomic E-state index is 14.4. The van der Waals surface area contributed by atoms with Crippen LogP contribution in [0.5, 0.6) is 5.75 Å². The highest BCUT2D eigenvalue weighted by atomic mass is 35.5. The van der Waals surface area contributed by atoms with E-state index in [1.54, 1.807) is 48.5 Å². The van der Waals surface area contributed by atoms with Crippen molar-refractivity contribution in [3.63, 3.8) is 0 Å². The third-order valence-corrected chi connectivity index (χ3v) is 6.86. The first kappa shape index (κ1) is 27.4. The van der Waals surface area contributed by atoms with E-state index in [-0.39, 0.29) is 35.1 Å². The molecule has 4 aromatic rings. The largest absolute Gasteiger partial charge is 0.489 e. The van der Waals surface area contributed by atoms with Gasteiger partial charge in [0.15, 0.2) is 5.60 Å². The number of alkyl halides is 3. The van der Waals surface area contributed by atoms with Gasteiger partial charge in [0.2, 0.25) is 0 Å². The minimum absolute atomic E-state index is 0.0276. The van der Waals surface area contributed by atoms with E-state index in [1.807, 2.05) is 0 Å². The van der Waals surface area contributed by atoms with Crippen LogP contribution < -0.4 is 4.74 Å². The fourth-order valence-corrected chi connectivity index (χ4v) is 4.61. The summed E-state index contributed by atoms with van der Waals surface area (Å²) in [5, 5.41) is 11.7. The van der Waals surface area contributed by atoms with Crippen LogP contribution in [0, 0.1) is 0 Å². The minimum atomic E-state index is -5.00. The highest BCUT2D eigenvalue weighted by Crippen LogP contribution is 2.50. The van der Waals surface area contributed by atoms with Crippen molar-refractivity contribution >= 4 is 28.5 Å². The lowest BCUT2D eigenvalue weighted by Gasteiger charge is -2.37. The molecule has 198 valence electrons. The summed E-state index contributed by atoms with van der Waals surface area (Å²) >= 11 is 6.41. The van der Waals surface area contributed by atoms with E-state index < -0.39 is 17.7 Å². The Morgan fingerprint density at radius 2 is 1.71 bits per heavy atom. The summed E-state index contributed by atoms with van der Waals surface area (Å²) in [4.78, 5) is 15.5. The SMILES string of the molecule is COC(=O)Cc1ccc(COc2ccc([C@H](C)[C@](O)(c3cnc4ccccc4c3)C(F)(F)F)c(Cl)c2)cc1. The fraction of sp³-hybridized carbons (Fsp3) is 0.241. The molecule has 3 aromatic carbocycles. The van der Waals surface area contributed by atoms with E-state index in [4.69, 9.17) is 16.3 Å². The van der Waals surface area contributed by atoms with Crippen LogP contribution in [0.3, 0.4) is 0 Å². The maximum atomic E-state index is 14.4. The number of carbonyl (C=O) groups excluding carboxylic acids is 1. The number of hydrogen-bond donors (Lipinski definition) is 1. The number of esters is 1. The van der Waals surface area contributed by atoms with Crippen molar-refractivity contribution in [2.24, 2.45) is 0 Å². The van der Waals surface area contributed by atoms with Crippen molar-refractivity contribution in [2.45, 2.75) is 37.6 Å². The van der Waals surface area contributed by atoms with Crippen LogP contribution in [0.25, 0.3) is 10.9 Å². The summed E-state index contributed by atoms with van der Waals surface area (Å²) in [5.74, 6) is -1.44. The second-order valence-electron chi connectivity index (χ2n) is 8.94. The van der Waals surface area contributed by atoms with Crippen LogP contribution in [0.15, 0.2) is 79.0 Å². The van der Waals surface area contributed by atoms with E-state index in [9.17, 15) is 23.1 Å². The van der Waals surface area contributed by atoms with Crippen molar-refractivity contribution in [1.82, 2.24) is 4.98 Å². The molecular weight excluding hydrogens is 519 g/mol. The number of hydrogen-bond acceptors (Lipinski definition) is 5. The minimum Gasteiger partial charge on any atom is -0.489 e. The number of para-hydroxylation sites is 1. The Bertz CT molecular complexity index is 1440. The zero-order chi connectivity index (χ0) is 27.5. The Morgan fingerprint density at radius 3 is 2.37 bits per heavy atom. The molecule has 0 fully saturated rings. The highest BCUT2D eigenvalue weighted by Gasteiger charge is 2.59. The van der Waals surface area contributed by atoms with Crippen molar-refractivity contribution in [3.05, 3.63) is 106 Å². The summed E-state index contributed by atoms with van der Waals surface area (Å²) in [7, 11) is 1.33. The summed E-state index contributed by atoms with van der Waals surface area (Å²) in [6, 6.07) is 19.6. The molecule has 38 heavy (non-hydrogen) atoms. The van der Waals surface area contributed by atoms with Crippen LogP contribution >= 0.6 is 11.6 Å². The normalized spacial score (nSPS) is 14.1. The van der Waals surface area contributed by atoms with Crippen molar-refractivity contribution in [2.75, 3.05) is 7.11 Å². The highest BCUT2D eigenvalue weighted by molar-refractivity contribution is 6.31. The van der Waals surface area contributed by atoms with Gasteiger partial charge in [-0.1, -0.05) is 67.1 Å². The molecule has 0 saturated heterocycles. The lowest BCUT2D eigenvalue weighted by molar-refractivity contribution is -0.274. The van der Waals surface area contributed by atoms with Crippen LogP contribution in [0.4, 0.5) is 13.2 Å². The quantitative estimate of drug-likeness (QED) is 0.249. The second kappa shape index (κ2) is 11.0. The van der Waals surface area contributed by atoms with Crippen LogP contribution in [0.1, 0.15) is 35.1 Å². The third-order valence-electron chi connectivity index (χ3n) is 6.53. The lowest BCUT2D eigenvalue weighted by Crippen LogP contribution is -2.46. The van der Waals surface area contributed by atoms with E-state index in [2.05, 4.69) is 9.72 Å². The summed E-state index contributed by atoms with van der Waals surface area (Å²) in [6.45, 7) is 1.46. The predicted octanol–water partition coefficient (Wildman–Crippen LogP) is 6.74. The first-order chi connectivity index (χ1) is 18.0. The molecule has 5 nitrogen and oxygen atoms in total. The van der Waals surface area contributed by atoms with E-state index in [0.29, 0.717) is 16.7 Å². The van der Waals surface area contributed by atoms with E-state index in [0.717, 1.165) is 17.3 Å². The van der Waals surface area contributed by atoms with Crippen molar-refractivity contribution in [1.29, 1.82) is 0 Å². The van der Waals surface area contributed by atoms with Gasteiger partial charge in [0, 0.05) is 28.1 Å². The molecule has 9 heteroatoms. The number of rotatable bonds is 8. The number of methoxy groups -OCH3 is 1. The molecule has 1 aromatic heterocycles. The van der Waals surface area contributed by atoms with E-state index in [1.165, 1.54) is 38.3 Å². The first-order valence-electron chi connectivity index (χ1n) is 11.7. The van der Waals surface area contributed by atoms with Crippen molar-refractivity contribution < 1.29 is 32.5 Å². The van der Waals surface area contributed by atoms with Gasteiger partial charge in [-0.05, 0) is 41.0 Å². The predicted molar refractivity (Wildman–Crippen MR) is 138 cm³/mol. The lowest BCUT2D eigenvalue weighted by atomic mass is 9.78. The van der Waals surface area contributed by atoms with Gasteiger partial charge in [-0.25, -0.2) is 0 Å². The Balaban J connectivity index is 1.55. The number of ether oxygens (including phenoxy) is 2. The van der Waals surface area contributed by atoms with Crippen LogP contribution in [0.2, 0.25) is 5.02 Å². The monoisotopic (exact) mass is 543 g/mol. The number of carbonyl (C=O) groups is 1. The van der Waals surface area contributed by atoms with Crippen LogP contribution in [-0.4, -0.2) is 29.3 Å². The average molecular weight is 544 g/mol. The van der Waals surface area contributed by atoms with Crippen molar-refractivity contribution in [3.8, 4) is 5.75 Å². The third kappa shape index (κ3) is 5.61. The maximum Gasteiger partial charge on any atom is 0.422 e. The molecule has 0 unspecified atom stereocenters. The molecule has 0 spiro atoms. The zero-order valence-corrected chi connectivity index (χ0v) is 21.4. The second-order valence-corrected chi connectivity index (χ2v) is 9.35. The Hall–Kier alpha value is -3.62. The van der Waals surface area contributed by atoms with Gasteiger partial charge < -0.3 is 14.6 Å². The standard InChI is InChI=1S/C29H25ClF3NO4/c1-18(28(36,29(31,32)33)22-14-21-5-3-4-6-26(21)34-16-22)24-12-11-23(15-25(24)30)38-17-20-9-7-19(8-10-20)13-27(35)37-2/h3-12,14-16,18,36H,13,17H2,1-2H3/t18-,28-/m0/s1. The molecule has 1 N–H and O–H groups in total. The zero-order valence-electron chi connectivity index (χ0n) is 20.6. The molecule has 1 heterocycles. The molecule has 0 aliphatic carbocycles. The Labute approximate surface area is 222 Å². The summed E-state index contributed by atoms with van der Waals surface area (Å²) in [5.41, 5.74) is -1.36. The molecular formula is C29H25ClF3NO4. The van der Waals surface area contributed by atoms with Gasteiger partial charge in [-0.2, -0.15) is 13.2 Å². The molecule has 0 bridgehead atoms. The first-order valence-corrected chi connectivity index (χ1v) is 12.1. The average Bonchev–Trinajstić information content (AvgIpc) is 2.91. The van der Waals surface area contributed by atoms with Gasteiger partial charge in [0.25, 0.3) is 0 Å². The number of aromatic nitrogens is 1. The topological polar surface area (TPSA) is 68.7 Å². The van der Waals surface area contributed by atoms with E-state index >= 15 is 0 Å².